The van der Waals surface area contributed by atoms with Crippen LogP contribution < -0.4 is 4.74 Å². The molecule has 25 heavy (non-hydrogen) atoms. The van der Waals surface area contributed by atoms with E-state index >= 15 is 0 Å². The quantitative estimate of drug-likeness (QED) is 0.737. The minimum atomic E-state index is -0.903. The van der Waals surface area contributed by atoms with Gasteiger partial charge < -0.3 is 9.64 Å². The molecule has 0 bridgehead atoms. The van der Waals surface area contributed by atoms with Gasteiger partial charge in [-0.3, -0.25) is 4.79 Å². The first-order chi connectivity index (χ1) is 11.9. The maximum atomic E-state index is 13.4. The van der Waals surface area contributed by atoms with E-state index in [-0.39, 0.29) is 11.9 Å². The van der Waals surface area contributed by atoms with E-state index in [0.717, 1.165) is 23.4 Å². The number of halogens is 2. The van der Waals surface area contributed by atoms with E-state index in [2.05, 4.69) is 0 Å². The summed E-state index contributed by atoms with van der Waals surface area (Å²) in [6.07, 6.45) is 0.957. The molecule has 0 N–H and O–H groups in total. The molecule has 0 aliphatic rings. The van der Waals surface area contributed by atoms with Gasteiger partial charge in [-0.25, -0.2) is 8.78 Å². The fraction of sp³-hybridized carbons (Fsp3) is 0.350. The van der Waals surface area contributed by atoms with Gasteiger partial charge in [0, 0.05) is 13.5 Å². The van der Waals surface area contributed by atoms with Crippen LogP contribution in [0.3, 0.4) is 0 Å². The van der Waals surface area contributed by atoms with Crippen LogP contribution in [0.1, 0.15) is 37.4 Å². The monoisotopic (exact) mass is 347 g/mol. The molecule has 0 fully saturated rings. The maximum Gasteiger partial charge on any atom is 0.223 e. The minimum Gasteiger partial charge on any atom is -0.494 e. The lowest BCUT2D eigenvalue weighted by Gasteiger charge is -2.25. The Morgan fingerprint density at radius 2 is 1.80 bits per heavy atom. The first-order valence-electron chi connectivity index (χ1n) is 8.34. The summed E-state index contributed by atoms with van der Waals surface area (Å²) >= 11 is 0. The Morgan fingerprint density at radius 1 is 1.12 bits per heavy atom. The van der Waals surface area contributed by atoms with Gasteiger partial charge in [0.25, 0.3) is 0 Å². The first kappa shape index (κ1) is 18.9. The van der Waals surface area contributed by atoms with Crippen molar-refractivity contribution >= 4 is 5.91 Å². The van der Waals surface area contributed by atoms with Crippen molar-refractivity contribution in [2.45, 2.75) is 32.7 Å². The Labute approximate surface area is 147 Å². The zero-order valence-corrected chi connectivity index (χ0v) is 14.8. The summed E-state index contributed by atoms with van der Waals surface area (Å²) < 4.78 is 31.8. The molecular weight excluding hydrogens is 324 g/mol. The number of benzene rings is 2. The van der Waals surface area contributed by atoms with Gasteiger partial charge >= 0.3 is 0 Å². The predicted molar refractivity (Wildman–Crippen MR) is 93.5 cm³/mol. The van der Waals surface area contributed by atoms with E-state index in [9.17, 15) is 13.6 Å². The fourth-order valence-electron chi connectivity index (χ4n) is 2.56. The smallest absolute Gasteiger partial charge is 0.223 e. The first-order valence-corrected chi connectivity index (χ1v) is 8.34. The molecule has 0 heterocycles. The van der Waals surface area contributed by atoms with E-state index < -0.39 is 11.6 Å². The van der Waals surface area contributed by atoms with Crippen molar-refractivity contribution in [1.29, 1.82) is 0 Å². The van der Waals surface area contributed by atoms with E-state index in [4.69, 9.17) is 4.74 Å². The number of hydrogen-bond acceptors (Lipinski definition) is 2. The zero-order chi connectivity index (χ0) is 18.4. The fourth-order valence-corrected chi connectivity index (χ4v) is 2.56. The van der Waals surface area contributed by atoms with Crippen LogP contribution in [0.2, 0.25) is 0 Å². The number of carbonyl (C=O) groups excluding carboxylic acids is 1. The molecule has 5 heteroatoms. The van der Waals surface area contributed by atoms with E-state index in [1.807, 2.05) is 31.2 Å². The molecule has 0 radical (unpaired) electrons. The number of hydrogen-bond donors (Lipinski definition) is 0. The van der Waals surface area contributed by atoms with Crippen LogP contribution >= 0.6 is 0 Å². The third-order valence-electron chi connectivity index (χ3n) is 4.26. The van der Waals surface area contributed by atoms with Gasteiger partial charge in [-0.05, 0) is 55.7 Å². The number of rotatable bonds is 7. The zero-order valence-electron chi connectivity index (χ0n) is 14.8. The third kappa shape index (κ3) is 5.02. The number of nitrogens with zero attached hydrogens (tertiary/aromatic N) is 1. The summed E-state index contributed by atoms with van der Waals surface area (Å²) in [5.41, 5.74) is 1.61. The van der Waals surface area contributed by atoms with Crippen LogP contribution in [0.25, 0.3) is 0 Å². The Bertz CT molecular complexity index is 716. The Balaban J connectivity index is 1.93. The maximum absolute atomic E-state index is 13.4. The normalized spacial score (nSPS) is 11.9. The second-order valence-corrected chi connectivity index (χ2v) is 5.93. The van der Waals surface area contributed by atoms with E-state index in [1.165, 1.54) is 6.07 Å². The average molecular weight is 347 g/mol. The van der Waals surface area contributed by atoms with E-state index in [1.54, 1.807) is 18.9 Å². The largest absolute Gasteiger partial charge is 0.494 e. The van der Waals surface area contributed by atoms with Gasteiger partial charge in [-0.15, -0.1) is 0 Å². The highest BCUT2D eigenvalue weighted by Gasteiger charge is 2.18. The lowest BCUT2D eigenvalue weighted by Crippen LogP contribution is -2.29. The van der Waals surface area contributed by atoms with Crippen LogP contribution in [-0.4, -0.2) is 24.5 Å². The minimum absolute atomic E-state index is 0.0499. The van der Waals surface area contributed by atoms with Crippen LogP contribution in [0.4, 0.5) is 8.78 Å². The van der Waals surface area contributed by atoms with Gasteiger partial charge in [0.05, 0.1) is 12.6 Å². The molecule has 1 amide bonds. The molecule has 0 saturated heterocycles. The standard InChI is InChI=1S/C20H23F2NO2/c1-4-25-17-9-5-15(6-10-17)7-12-20(24)23(3)14(2)16-8-11-18(21)19(22)13-16/h5-6,8-11,13-14H,4,7,12H2,1-3H3. The summed E-state index contributed by atoms with van der Waals surface area (Å²) in [4.78, 5) is 13.9. The number of ether oxygens (including phenoxy) is 1. The van der Waals surface area contributed by atoms with Crippen LogP contribution in [-0.2, 0) is 11.2 Å². The lowest BCUT2D eigenvalue weighted by atomic mass is 10.1. The summed E-state index contributed by atoms with van der Waals surface area (Å²) in [5.74, 6) is -1.03. The molecule has 0 spiro atoms. The molecule has 2 rings (SSSR count). The van der Waals surface area contributed by atoms with Gasteiger partial charge in [0.15, 0.2) is 11.6 Å². The molecule has 2 aromatic rings. The molecular formula is C20H23F2NO2. The van der Waals surface area contributed by atoms with Crippen molar-refractivity contribution in [1.82, 2.24) is 4.90 Å². The summed E-state index contributed by atoms with van der Waals surface area (Å²) in [7, 11) is 1.67. The Kier molecular flexibility index (Phi) is 6.51. The van der Waals surface area contributed by atoms with Crippen molar-refractivity contribution in [2.24, 2.45) is 0 Å². The number of amides is 1. The van der Waals surface area contributed by atoms with Crippen LogP contribution in [0.15, 0.2) is 42.5 Å². The molecule has 0 aliphatic heterocycles. The van der Waals surface area contributed by atoms with Gasteiger partial charge in [0.1, 0.15) is 5.75 Å². The summed E-state index contributed by atoms with van der Waals surface area (Å²) in [6, 6.07) is 11.0. The van der Waals surface area contributed by atoms with Crippen molar-refractivity contribution in [3.05, 3.63) is 65.2 Å². The highest BCUT2D eigenvalue weighted by atomic mass is 19.2. The average Bonchev–Trinajstić information content (AvgIpc) is 2.62. The van der Waals surface area contributed by atoms with Crippen molar-refractivity contribution in [3.63, 3.8) is 0 Å². The van der Waals surface area contributed by atoms with Gasteiger partial charge in [0.2, 0.25) is 5.91 Å². The SMILES string of the molecule is CCOc1ccc(CCC(=O)N(C)C(C)c2ccc(F)c(F)c2)cc1. The molecule has 1 atom stereocenters. The second-order valence-electron chi connectivity index (χ2n) is 5.93. The molecule has 134 valence electrons. The van der Waals surface area contributed by atoms with Crippen LogP contribution in [0.5, 0.6) is 5.75 Å². The number of carbonyl (C=O) groups is 1. The molecule has 0 aliphatic carbocycles. The predicted octanol–water partition coefficient (Wildman–Crippen LogP) is 4.52. The second kappa shape index (κ2) is 8.60. The van der Waals surface area contributed by atoms with Gasteiger partial charge in [-0.2, -0.15) is 0 Å². The Hall–Kier alpha value is -2.43. The molecule has 1 unspecified atom stereocenters. The Morgan fingerprint density at radius 3 is 2.40 bits per heavy atom. The lowest BCUT2D eigenvalue weighted by molar-refractivity contribution is -0.131. The molecule has 2 aromatic carbocycles. The van der Waals surface area contributed by atoms with Crippen molar-refractivity contribution in [3.8, 4) is 5.75 Å². The van der Waals surface area contributed by atoms with Crippen molar-refractivity contribution < 1.29 is 18.3 Å². The molecule has 0 aromatic heterocycles. The number of aryl methyl sites for hydroxylation is 1. The van der Waals surface area contributed by atoms with Crippen LogP contribution in [0, 0.1) is 11.6 Å². The summed E-state index contributed by atoms with van der Waals surface area (Å²) in [6.45, 7) is 4.34. The summed E-state index contributed by atoms with van der Waals surface area (Å²) in [5, 5.41) is 0. The third-order valence-corrected chi connectivity index (χ3v) is 4.26. The van der Waals surface area contributed by atoms with Gasteiger partial charge in [-0.1, -0.05) is 18.2 Å². The highest BCUT2D eigenvalue weighted by Crippen LogP contribution is 2.22. The molecule has 3 nitrogen and oxygen atoms in total. The molecule has 0 saturated carbocycles. The van der Waals surface area contributed by atoms with E-state index in [0.29, 0.717) is 25.0 Å². The topological polar surface area (TPSA) is 29.5 Å². The highest BCUT2D eigenvalue weighted by molar-refractivity contribution is 5.76. The van der Waals surface area contributed by atoms with Crippen molar-refractivity contribution in [2.75, 3.05) is 13.7 Å².